The van der Waals surface area contributed by atoms with E-state index >= 15 is 0 Å². The minimum Gasteiger partial charge on any atom is -0.339 e. The van der Waals surface area contributed by atoms with E-state index < -0.39 is 0 Å². The number of carbonyl (C=O) groups is 2. The van der Waals surface area contributed by atoms with E-state index in [9.17, 15) is 9.59 Å². The van der Waals surface area contributed by atoms with Crippen molar-refractivity contribution < 1.29 is 9.59 Å². The van der Waals surface area contributed by atoms with Gasteiger partial charge in [-0.15, -0.1) is 21.5 Å². The highest BCUT2D eigenvalue weighted by Gasteiger charge is 2.30. The van der Waals surface area contributed by atoms with Crippen LogP contribution in [-0.2, 0) is 11.3 Å². The minimum absolute atomic E-state index is 0.00737. The monoisotopic (exact) mass is 648 g/mol. The van der Waals surface area contributed by atoms with E-state index in [2.05, 4.69) is 55.0 Å². The fraction of sp³-hybridized carbons (Fsp3) is 0.300. The van der Waals surface area contributed by atoms with Crippen molar-refractivity contribution in [2.24, 2.45) is 0 Å². The second kappa shape index (κ2) is 12.3. The number of hydrogen-bond donors (Lipinski definition) is 0. The molecule has 1 unspecified atom stereocenters. The molecule has 8 nitrogen and oxygen atoms in total. The number of aromatic nitrogens is 4. The van der Waals surface area contributed by atoms with Crippen LogP contribution < -0.4 is 0 Å². The van der Waals surface area contributed by atoms with E-state index in [0.29, 0.717) is 37.8 Å². The highest BCUT2D eigenvalue weighted by atomic mass is 79.9. The van der Waals surface area contributed by atoms with Crippen LogP contribution in [0.2, 0.25) is 0 Å². The lowest BCUT2D eigenvalue weighted by atomic mass is 10.1. The highest BCUT2D eigenvalue weighted by molar-refractivity contribution is 9.10. The molecular formula is C30H29BrN6O2S2. The van der Waals surface area contributed by atoms with Crippen molar-refractivity contribution in [1.29, 1.82) is 0 Å². The zero-order valence-corrected chi connectivity index (χ0v) is 25.8. The molecule has 1 fully saturated rings. The quantitative estimate of drug-likeness (QED) is 0.149. The van der Waals surface area contributed by atoms with Gasteiger partial charge in [0.05, 0.1) is 10.4 Å². The Kier molecular flexibility index (Phi) is 8.36. The number of halogens is 1. The van der Waals surface area contributed by atoms with Crippen LogP contribution in [0, 0.1) is 0 Å². The van der Waals surface area contributed by atoms with Gasteiger partial charge in [-0.05, 0) is 48.6 Å². The van der Waals surface area contributed by atoms with E-state index in [1.54, 1.807) is 0 Å². The summed E-state index contributed by atoms with van der Waals surface area (Å²) in [4.78, 5) is 35.1. The number of para-hydroxylation sites is 1. The molecule has 4 heterocycles. The van der Waals surface area contributed by atoms with Gasteiger partial charge in [-0.2, -0.15) is 0 Å². The lowest BCUT2D eigenvalue weighted by molar-refractivity contribution is -0.133. The summed E-state index contributed by atoms with van der Waals surface area (Å²) in [6.07, 6.45) is 1.17. The molecule has 0 spiro atoms. The van der Waals surface area contributed by atoms with Crippen LogP contribution in [0.15, 0.2) is 75.7 Å². The molecule has 210 valence electrons. The van der Waals surface area contributed by atoms with E-state index in [1.807, 2.05) is 58.5 Å². The molecule has 5 aromatic rings. The molecule has 1 aliphatic heterocycles. The topological polar surface area (TPSA) is 84.2 Å². The van der Waals surface area contributed by atoms with Crippen LogP contribution in [0.1, 0.15) is 35.0 Å². The number of hydrogen-bond acceptors (Lipinski definition) is 7. The Morgan fingerprint density at radius 1 is 1.05 bits per heavy atom. The molecule has 11 heteroatoms. The number of amides is 2. The van der Waals surface area contributed by atoms with Crippen LogP contribution in [-0.4, -0.2) is 72.8 Å². The molecule has 0 aliphatic carbocycles. The summed E-state index contributed by atoms with van der Waals surface area (Å²) in [7, 11) is 0. The number of benzene rings is 2. The van der Waals surface area contributed by atoms with Crippen molar-refractivity contribution in [3.8, 4) is 0 Å². The van der Waals surface area contributed by atoms with Crippen LogP contribution in [0.5, 0.6) is 0 Å². The predicted molar refractivity (Wildman–Crippen MR) is 167 cm³/mol. The predicted octanol–water partition coefficient (Wildman–Crippen LogP) is 6.10. The second-order valence-corrected chi connectivity index (χ2v) is 13.0. The zero-order chi connectivity index (χ0) is 28.3. The number of nitrogens with zero attached hydrogens (tertiary/aromatic N) is 6. The lowest BCUT2D eigenvalue weighted by Crippen LogP contribution is -2.55. The standard InChI is InChI=1S/C30H29BrN6O2S2/c1-20-18-35(14-15-36(20)29(39)25-8-4-16-40-25)26(38)9-5-17-41-30-32-28-27(33-34-30)23-6-2-3-7-24(23)37(28)19-21-10-12-22(31)13-11-21/h2-4,6-8,10-13,16,20H,5,9,14-15,17-19H2,1H3. The highest BCUT2D eigenvalue weighted by Crippen LogP contribution is 2.28. The van der Waals surface area contributed by atoms with Crippen LogP contribution in [0.3, 0.4) is 0 Å². The normalized spacial score (nSPS) is 15.6. The van der Waals surface area contributed by atoms with Crippen LogP contribution >= 0.6 is 39.0 Å². The molecule has 1 atom stereocenters. The van der Waals surface area contributed by atoms with Gasteiger partial charge in [-0.3, -0.25) is 9.59 Å². The van der Waals surface area contributed by atoms with Crippen molar-refractivity contribution in [3.05, 3.63) is 81.0 Å². The van der Waals surface area contributed by atoms with E-state index in [4.69, 9.17) is 4.98 Å². The van der Waals surface area contributed by atoms with Crippen molar-refractivity contribution in [2.45, 2.75) is 37.5 Å². The van der Waals surface area contributed by atoms with Crippen molar-refractivity contribution in [3.63, 3.8) is 0 Å². The molecule has 1 aliphatic rings. The number of fused-ring (bicyclic) bond motifs is 3. The Morgan fingerprint density at radius 2 is 1.88 bits per heavy atom. The summed E-state index contributed by atoms with van der Waals surface area (Å²) in [6.45, 7) is 4.39. The molecule has 6 rings (SSSR count). The number of piperazine rings is 1. The van der Waals surface area contributed by atoms with Crippen molar-refractivity contribution >= 4 is 72.9 Å². The third-order valence-electron chi connectivity index (χ3n) is 7.35. The van der Waals surface area contributed by atoms with Crippen molar-refractivity contribution in [2.75, 3.05) is 25.4 Å². The lowest BCUT2D eigenvalue weighted by Gasteiger charge is -2.39. The smallest absolute Gasteiger partial charge is 0.264 e. The fourth-order valence-electron chi connectivity index (χ4n) is 5.26. The number of carbonyl (C=O) groups excluding carboxylic acids is 2. The molecule has 0 N–H and O–H groups in total. The average molecular weight is 650 g/mol. The van der Waals surface area contributed by atoms with Gasteiger partial charge in [0.15, 0.2) is 5.65 Å². The second-order valence-electron chi connectivity index (χ2n) is 10.1. The SMILES string of the molecule is CC1CN(C(=O)CCCSc2nnc3c4ccccc4n(Cc4ccc(Br)cc4)c3n2)CCN1C(=O)c1cccs1. The number of thioether (sulfide) groups is 1. The first-order valence-electron chi connectivity index (χ1n) is 13.6. The molecule has 2 amide bonds. The Labute approximate surface area is 254 Å². The minimum atomic E-state index is -0.00737. The van der Waals surface area contributed by atoms with E-state index in [-0.39, 0.29) is 17.9 Å². The number of thiophene rings is 1. The summed E-state index contributed by atoms with van der Waals surface area (Å²) >= 11 is 6.50. The van der Waals surface area contributed by atoms with Gasteiger partial charge in [0, 0.05) is 54.3 Å². The van der Waals surface area contributed by atoms with Gasteiger partial charge < -0.3 is 14.4 Å². The Bertz CT molecular complexity index is 1690. The Morgan fingerprint density at radius 3 is 2.66 bits per heavy atom. The first kappa shape index (κ1) is 27.9. The van der Waals surface area contributed by atoms with Gasteiger partial charge >= 0.3 is 0 Å². The maximum absolute atomic E-state index is 12.9. The summed E-state index contributed by atoms with van der Waals surface area (Å²) in [5, 5.41) is 12.5. The van der Waals surface area contributed by atoms with E-state index in [1.165, 1.54) is 28.7 Å². The molecule has 0 bridgehead atoms. The third-order valence-corrected chi connectivity index (χ3v) is 9.66. The fourth-order valence-corrected chi connectivity index (χ4v) is 6.92. The van der Waals surface area contributed by atoms with Gasteiger partial charge in [0.1, 0.15) is 5.52 Å². The summed E-state index contributed by atoms with van der Waals surface area (Å²) in [5.74, 6) is 0.903. The number of rotatable bonds is 8. The molecule has 3 aromatic heterocycles. The summed E-state index contributed by atoms with van der Waals surface area (Å²) in [6, 6.07) is 20.2. The zero-order valence-electron chi connectivity index (χ0n) is 22.6. The van der Waals surface area contributed by atoms with Gasteiger partial charge in [-0.25, -0.2) is 4.98 Å². The third kappa shape index (κ3) is 6.02. The molecule has 2 aromatic carbocycles. The maximum Gasteiger partial charge on any atom is 0.264 e. The van der Waals surface area contributed by atoms with Crippen LogP contribution in [0.4, 0.5) is 0 Å². The average Bonchev–Trinajstić information content (AvgIpc) is 3.63. The Hall–Kier alpha value is -3.28. The largest absolute Gasteiger partial charge is 0.339 e. The molecule has 0 radical (unpaired) electrons. The summed E-state index contributed by atoms with van der Waals surface area (Å²) < 4.78 is 3.24. The first-order valence-corrected chi connectivity index (χ1v) is 16.2. The Balaban J connectivity index is 1.07. The maximum atomic E-state index is 12.9. The van der Waals surface area contributed by atoms with Crippen LogP contribution in [0.25, 0.3) is 22.1 Å². The summed E-state index contributed by atoms with van der Waals surface area (Å²) in [5.41, 5.74) is 3.86. The van der Waals surface area contributed by atoms with Crippen molar-refractivity contribution in [1.82, 2.24) is 29.5 Å². The van der Waals surface area contributed by atoms with Gasteiger partial charge in [0.2, 0.25) is 11.1 Å². The molecule has 0 saturated carbocycles. The molecule has 1 saturated heterocycles. The molecular weight excluding hydrogens is 620 g/mol. The van der Waals surface area contributed by atoms with E-state index in [0.717, 1.165) is 43.6 Å². The van der Waals surface area contributed by atoms with Gasteiger partial charge in [-0.1, -0.05) is 64.1 Å². The van der Waals surface area contributed by atoms with Gasteiger partial charge in [0.25, 0.3) is 5.91 Å². The molecule has 41 heavy (non-hydrogen) atoms. The first-order chi connectivity index (χ1) is 20.0.